The van der Waals surface area contributed by atoms with Crippen LogP contribution in [0.3, 0.4) is 0 Å². The first-order chi connectivity index (χ1) is 8.72. The summed E-state index contributed by atoms with van der Waals surface area (Å²) in [6.45, 7) is 0. The lowest BCUT2D eigenvalue weighted by molar-refractivity contribution is 0.905. The monoisotopic (exact) mass is 296 g/mol. The molecule has 0 bridgehead atoms. The summed E-state index contributed by atoms with van der Waals surface area (Å²) in [6, 6.07) is 10.3. The molecule has 0 nitrogen and oxygen atoms in total. The molecule has 1 aromatic carbocycles. The van der Waals surface area contributed by atoms with Crippen LogP contribution < -0.4 is 0 Å². The average molecular weight is 297 g/mol. The first-order valence-corrected chi connectivity index (χ1v) is 7.85. The zero-order valence-corrected chi connectivity index (χ0v) is 12.3. The molecule has 0 radical (unpaired) electrons. The van der Waals surface area contributed by atoms with Crippen molar-refractivity contribution in [3.63, 3.8) is 0 Å². The molecular weight excluding hydrogens is 283 g/mol. The second-order valence-electron chi connectivity index (χ2n) is 4.75. The van der Waals surface area contributed by atoms with E-state index in [1.807, 2.05) is 23.5 Å². The Balaban J connectivity index is 1.74. The lowest BCUT2D eigenvalue weighted by Crippen LogP contribution is -1.93. The molecule has 3 heteroatoms. The van der Waals surface area contributed by atoms with E-state index in [0.717, 1.165) is 11.4 Å². The second-order valence-corrected chi connectivity index (χ2v) is 6.88. The van der Waals surface area contributed by atoms with Crippen molar-refractivity contribution in [2.75, 3.05) is 0 Å². The molecule has 0 N–H and O–H groups in total. The SMILES string of the molecule is Clc1ccc(CC(Cl)c2cc3c(s2)CCC3)cc1. The van der Waals surface area contributed by atoms with Crippen LogP contribution in [0.15, 0.2) is 30.3 Å². The van der Waals surface area contributed by atoms with Crippen LogP contribution in [0.25, 0.3) is 0 Å². The molecule has 1 unspecified atom stereocenters. The van der Waals surface area contributed by atoms with Crippen molar-refractivity contribution in [1.82, 2.24) is 0 Å². The number of rotatable bonds is 3. The van der Waals surface area contributed by atoms with Gasteiger partial charge in [0.1, 0.15) is 0 Å². The summed E-state index contributed by atoms with van der Waals surface area (Å²) in [7, 11) is 0. The molecule has 1 aromatic heterocycles. The van der Waals surface area contributed by atoms with Crippen molar-refractivity contribution in [2.45, 2.75) is 31.1 Å². The fourth-order valence-electron chi connectivity index (χ4n) is 2.43. The summed E-state index contributed by atoms with van der Waals surface area (Å²) >= 11 is 14.3. The van der Waals surface area contributed by atoms with Crippen LogP contribution in [0.1, 0.15) is 32.7 Å². The minimum absolute atomic E-state index is 0.0850. The number of hydrogen-bond donors (Lipinski definition) is 0. The van der Waals surface area contributed by atoms with Crippen molar-refractivity contribution >= 4 is 34.5 Å². The van der Waals surface area contributed by atoms with E-state index in [1.165, 1.54) is 35.3 Å². The Labute approximate surface area is 122 Å². The Morgan fingerprint density at radius 2 is 1.94 bits per heavy atom. The Morgan fingerprint density at radius 1 is 1.17 bits per heavy atom. The lowest BCUT2D eigenvalue weighted by Gasteiger charge is -2.07. The minimum Gasteiger partial charge on any atom is -0.144 e. The summed E-state index contributed by atoms with van der Waals surface area (Å²) < 4.78 is 0. The highest BCUT2D eigenvalue weighted by Crippen LogP contribution is 2.37. The normalized spacial score (nSPS) is 15.7. The van der Waals surface area contributed by atoms with Crippen molar-refractivity contribution in [1.29, 1.82) is 0 Å². The number of benzene rings is 1. The number of aryl methyl sites for hydroxylation is 2. The third-order valence-electron chi connectivity index (χ3n) is 3.40. The van der Waals surface area contributed by atoms with Crippen LogP contribution in [0.5, 0.6) is 0 Å². The third kappa shape index (κ3) is 2.59. The van der Waals surface area contributed by atoms with Crippen LogP contribution in [-0.4, -0.2) is 0 Å². The van der Waals surface area contributed by atoms with Crippen LogP contribution in [0.4, 0.5) is 0 Å². The number of thiophene rings is 1. The first-order valence-electron chi connectivity index (χ1n) is 6.22. The molecular formula is C15H14Cl2S. The van der Waals surface area contributed by atoms with Gasteiger partial charge in [-0.05, 0) is 55.0 Å². The van der Waals surface area contributed by atoms with E-state index in [4.69, 9.17) is 23.2 Å². The van der Waals surface area contributed by atoms with Gasteiger partial charge in [-0.3, -0.25) is 0 Å². The lowest BCUT2D eigenvalue weighted by atomic mass is 10.1. The fourth-order valence-corrected chi connectivity index (χ4v) is 4.17. The Kier molecular flexibility index (Phi) is 3.65. The Morgan fingerprint density at radius 3 is 2.67 bits per heavy atom. The number of alkyl halides is 1. The molecule has 18 heavy (non-hydrogen) atoms. The topological polar surface area (TPSA) is 0 Å². The molecule has 1 heterocycles. The number of hydrogen-bond acceptors (Lipinski definition) is 1. The van der Waals surface area contributed by atoms with E-state index in [9.17, 15) is 0 Å². The van der Waals surface area contributed by atoms with Gasteiger partial charge in [0.25, 0.3) is 0 Å². The zero-order valence-electron chi connectivity index (χ0n) is 9.96. The minimum atomic E-state index is 0.0850. The van der Waals surface area contributed by atoms with Gasteiger partial charge in [-0.2, -0.15) is 0 Å². The molecule has 1 atom stereocenters. The fraction of sp³-hybridized carbons (Fsp3) is 0.333. The van der Waals surface area contributed by atoms with E-state index < -0.39 is 0 Å². The average Bonchev–Trinajstić information content (AvgIpc) is 2.92. The van der Waals surface area contributed by atoms with Gasteiger partial charge in [-0.15, -0.1) is 22.9 Å². The molecule has 3 rings (SSSR count). The maximum Gasteiger partial charge on any atom is 0.0719 e. The second kappa shape index (κ2) is 5.24. The maximum absolute atomic E-state index is 6.52. The van der Waals surface area contributed by atoms with Crippen molar-refractivity contribution in [2.24, 2.45) is 0 Å². The van der Waals surface area contributed by atoms with Gasteiger partial charge < -0.3 is 0 Å². The Bertz CT molecular complexity index is 521. The molecule has 0 saturated heterocycles. The van der Waals surface area contributed by atoms with E-state index >= 15 is 0 Å². The Hall–Kier alpha value is -0.500. The molecule has 94 valence electrons. The van der Waals surface area contributed by atoms with Gasteiger partial charge in [-0.25, -0.2) is 0 Å². The van der Waals surface area contributed by atoms with Gasteiger partial charge in [-0.1, -0.05) is 23.7 Å². The summed E-state index contributed by atoms with van der Waals surface area (Å²) in [5, 5.41) is 0.863. The molecule has 1 aliphatic carbocycles. The van der Waals surface area contributed by atoms with Crippen LogP contribution >= 0.6 is 34.5 Å². The van der Waals surface area contributed by atoms with Crippen LogP contribution in [-0.2, 0) is 19.3 Å². The van der Waals surface area contributed by atoms with Gasteiger partial charge in [0, 0.05) is 14.8 Å². The van der Waals surface area contributed by atoms with Gasteiger partial charge in [0.15, 0.2) is 0 Å². The molecule has 0 spiro atoms. The third-order valence-corrected chi connectivity index (χ3v) is 5.52. The predicted molar refractivity (Wildman–Crippen MR) is 80.1 cm³/mol. The molecule has 0 amide bonds. The van der Waals surface area contributed by atoms with Crippen molar-refractivity contribution in [3.05, 3.63) is 56.2 Å². The summed E-state index contributed by atoms with van der Waals surface area (Å²) in [6.07, 6.45) is 4.66. The maximum atomic E-state index is 6.52. The predicted octanol–water partition coefficient (Wildman–Crippen LogP) is 5.41. The molecule has 0 aliphatic heterocycles. The van der Waals surface area contributed by atoms with Crippen molar-refractivity contribution < 1.29 is 0 Å². The van der Waals surface area contributed by atoms with E-state index in [-0.39, 0.29) is 5.38 Å². The smallest absolute Gasteiger partial charge is 0.0719 e. The van der Waals surface area contributed by atoms with E-state index in [2.05, 4.69) is 18.2 Å². The summed E-state index contributed by atoms with van der Waals surface area (Å²) in [5.41, 5.74) is 2.77. The van der Waals surface area contributed by atoms with E-state index in [0.29, 0.717) is 0 Å². The van der Waals surface area contributed by atoms with Gasteiger partial charge in [0.2, 0.25) is 0 Å². The first kappa shape index (κ1) is 12.5. The standard InChI is InChI=1S/C15H14Cl2S/c16-12-6-4-10(5-7-12)8-13(17)15-9-11-2-1-3-14(11)18-15/h4-7,9,13H,1-3,8H2. The van der Waals surface area contributed by atoms with Gasteiger partial charge >= 0.3 is 0 Å². The quantitative estimate of drug-likeness (QED) is 0.664. The highest BCUT2D eigenvalue weighted by Gasteiger charge is 2.19. The van der Waals surface area contributed by atoms with Gasteiger partial charge in [0.05, 0.1) is 5.38 Å². The molecule has 0 saturated carbocycles. The molecule has 1 aliphatic rings. The highest BCUT2D eigenvalue weighted by atomic mass is 35.5. The zero-order chi connectivity index (χ0) is 12.5. The molecule has 0 fully saturated rings. The number of halogens is 2. The number of fused-ring (bicyclic) bond motifs is 1. The van der Waals surface area contributed by atoms with Crippen LogP contribution in [0.2, 0.25) is 5.02 Å². The van der Waals surface area contributed by atoms with Crippen LogP contribution in [0, 0.1) is 0 Å². The summed E-state index contributed by atoms with van der Waals surface area (Å²) in [4.78, 5) is 2.86. The van der Waals surface area contributed by atoms with E-state index in [1.54, 1.807) is 4.88 Å². The largest absolute Gasteiger partial charge is 0.144 e. The summed E-state index contributed by atoms with van der Waals surface area (Å²) in [5.74, 6) is 0. The highest BCUT2D eigenvalue weighted by molar-refractivity contribution is 7.12. The molecule has 2 aromatic rings. The van der Waals surface area contributed by atoms with Crippen molar-refractivity contribution in [3.8, 4) is 0 Å².